The molecule has 0 heterocycles. The highest BCUT2D eigenvalue weighted by Gasteiger charge is 2.22. The maximum absolute atomic E-state index is 12.5. The van der Waals surface area contributed by atoms with Crippen LogP contribution >= 0.6 is 11.6 Å². The molecular formula is C19H19ClN2O4. The lowest BCUT2D eigenvalue weighted by Crippen LogP contribution is -2.42. The van der Waals surface area contributed by atoms with Crippen molar-refractivity contribution in [2.45, 2.75) is 25.3 Å². The van der Waals surface area contributed by atoms with E-state index in [1.54, 1.807) is 24.3 Å². The molecular weight excluding hydrogens is 356 g/mol. The average molecular weight is 375 g/mol. The van der Waals surface area contributed by atoms with Gasteiger partial charge < -0.3 is 5.32 Å². The van der Waals surface area contributed by atoms with Crippen LogP contribution in [0.2, 0.25) is 5.02 Å². The first-order valence-electron chi connectivity index (χ1n) is 8.05. The smallest absolute Gasteiger partial charge is 0.251 e. The molecule has 2 aromatic carbocycles. The van der Waals surface area contributed by atoms with Crippen molar-refractivity contribution < 1.29 is 19.6 Å². The summed E-state index contributed by atoms with van der Waals surface area (Å²) in [4.78, 5) is 36.1. The average Bonchev–Trinajstić information content (AvgIpc) is 2.66. The number of nitrogens with one attached hydrogen (secondary N) is 2. The van der Waals surface area contributed by atoms with E-state index in [2.05, 4.69) is 5.32 Å². The Morgan fingerprint density at radius 3 is 2.23 bits per heavy atom. The van der Waals surface area contributed by atoms with E-state index in [4.69, 9.17) is 16.8 Å². The van der Waals surface area contributed by atoms with Crippen LogP contribution in [-0.2, 0) is 16.0 Å². The van der Waals surface area contributed by atoms with Crippen LogP contribution in [0.15, 0.2) is 54.6 Å². The van der Waals surface area contributed by atoms with E-state index in [-0.39, 0.29) is 18.6 Å². The molecule has 2 aromatic rings. The van der Waals surface area contributed by atoms with Gasteiger partial charge in [-0.15, -0.1) is 0 Å². The third-order valence-corrected chi connectivity index (χ3v) is 4.06. The van der Waals surface area contributed by atoms with Crippen molar-refractivity contribution >= 4 is 29.2 Å². The number of hydrogen-bond acceptors (Lipinski definition) is 4. The second-order valence-electron chi connectivity index (χ2n) is 5.72. The van der Waals surface area contributed by atoms with Gasteiger partial charge in [-0.2, -0.15) is 0 Å². The number of rotatable bonds is 8. The molecule has 0 spiro atoms. The molecule has 0 aromatic heterocycles. The van der Waals surface area contributed by atoms with E-state index < -0.39 is 17.9 Å². The van der Waals surface area contributed by atoms with Gasteiger partial charge in [0.05, 0.1) is 6.04 Å². The van der Waals surface area contributed by atoms with Crippen molar-refractivity contribution in [1.82, 2.24) is 10.8 Å². The summed E-state index contributed by atoms with van der Waals surface area (Å²) in [6.45, 7) is 0. The van der Waals surface area contributed by atoms with Gasteiger partial charge in [-0.3, -0.25) is 19.6 Å². The molecule has 0 radical (unpaired) electrons. The van der Waals surface area contributed by atoms with Crippen LogP contribution in [0, 0.1) is 0 Å². The number of hydroxylamine groups is 1. The van der Waals surface area contributed by atoms with Gasteiger partial charge >= 0.3 is 0 Å². The molecule has 0 saturated carbocycles. The van der Waals surface area contributed by atoms with Gasteiger partial charge in [0, 0.05) is 23.4 Å². The Bertz CT molecular complexity index is 763. The lowest BCUT2D eigenvalue weighted by Gasteiger charge is -2.18. The fraction of sp³-hybridized carbons (Fsp3) is 0.211. The molecule has 26 heavy (non-hydrogen) atoms. The Morgan fingerprint density at radius 2 is 1.62 bits per heavy atom. The molecule has 1 unspecified atom stereocenters. The van der Waals surface area contributed by atoms with Gasteiger partial charge in [0.1, 0.15) is 0 Å². The predicted molar refractivity (Wildman–Crippen MR) is 97.0 cm³/mol. The number of amides is 2. The molecule has 0 bridgehead atoms. The highest BCUT2D eigenvalue weighted by atomic mass is 35.5. The van der Waals surface area contributed by atoms with Crippen molar-refractivity contribution in [3.05, 3.63) is 70.7 Å². The number of carbonyl (C=O) groups excluding carboxylic acids is 3. The van der Waals surface area contributed by atoms with Crippen LogP contribution in [0.25, 0.3) is 0 Å². The Hall–Kier alpha value is -2.70. The highest BCUT2D eigenvalue weighted by molar-refractivity contribution is 6.30. The summed E-state index contributed by atoms with van der Waals surface area (Å²) in [6.07, 6.45) is 0.0575. The maximum atomic E-state index is 12.5. The Labute approximate surface area is 156 Å². The first kappa shape index (κ1) is 19.6. The molecule has 0 aliphatic rings. The minimum absolute atomic E-state index is 0.0925. The van der Waals surface area contributed by atoms with Crippen LogP contribution in [0.5, 0.6) is 0 Å². The molecule has 136 valence electrons. The molecule has 0 saturated heterocycles. The third kappa shape index (κ3) is 5.98. The number of ketones is 1. The summed E-state index contributed by atoms with van der Waals surface area (Å²) in [5.41, 5.74) is 2.76. The van der Waals surface area contributed by atoms with Gasteiger partial charge in [0.2, 0.25) is 5.91 Å². The summed E-state index contributed by atoms with van der Waals surface area (Å²) in [5.74, 6) is -1.34. The lowest BCUT2D eigenvalue weighted by atomic mass is 9.99. The van der Waals surface area contributed by atoms with Crippen molar-refractivity contribution in [2.75, 3.05) is 0 Å². The topological polar surface area (TPSA) is 95.5 Å². The fourth-order valence-electron chi connectivity index (χ4n) is 2.40. The van der Waals surface area contributed by atoms with Gasteiger partial charge in [-0.1, -0.05) is 41.9 Å². The van der Waals surface area contributed by atoms with Gasteiger partial charge in [-0.05, 0) is 36.2 Å². The van der Waals surface area contributed by atoms with Crippen LogP contribution in [0.4, 0.5) is 0 Å². The summed E-state index contributed by atoms with van der Waals surface area (Å²) in [6, 6.07) is 14.8. The van der Waals surface area contributed by atoms with E-state index in [1.807, 2.05) is 30.3 Å². The van der Waals surface area contributed by atoms with E-state index in [9.17, 15) is 14.4 Å². The van der Waals surface area contributed by atoms with Crippen molar-refractivity contribution in [1.29, 1.82) is 0 Å². The number of halogens is 1. The summed E-state index contributed by atoms with van der Waals surface area (Å²) < 4.78 is 0. The minimum Gasteiger partial charge on any atom is -0.342 e. The SMILES string of the molecule is O=C(CCC(=O)C(Cc1ccccc1)NC(=O)c1ccc(Cl)cc1)NO. The molecule has 1 atom stereocenters. The molecule has 2 amide bonds. The predicted octanol–water partition coefficient (Wildman–Crippen LogP) is 2.54. The zero-order valence-electron chi connectivity index (χ0n) is 13.9. The van der Waals surface area contributed by atoms with Crippen LogP contribution in [-0.4, -0.2) is 28.8 Å². The number of carbonyl (C=O) groups is 3. The Balaban J connectivity index is 2.11. The zero-order valence-corrected chi connectivity index (χ0v) is 14.7. The Morgan fingerprint density at radius 1 is 0.962 bits per heavy atom. The molecule has 7 heteroatoms. The molecule has 3 N–H and O–H groups in total. The van der Waals surface area contributed by atoms with Crippen LogP contribution in [0.3, 0.4) is 0 Å². The summed E-state index contributed by atoms with van der Waals surface area (Å²) in [5, 5.41) is 11.8. The number of hydrogen-bond donors (Lipinski definition) is 3. The van der Waals surface area contributed by atoms with Crippen molar-refractivity contribution in [3.63, 3.8) is 0 Å². The first-order chi connectivity index (χ1) is 12.5. The van der Waals surface area contributed by atoms with E-state index in [0.29, 0.717) is 17.0 Å². The maximum Gasteiger partial charge on any atom is 0.251 e. The molecule has 0 fully saturated rings. The lowest BCUT2D eigenvalue weighted by molar-refractivity contribution is -0.131. The van der Waals surface area contributed by atoms with Gasteiger partial charge in [0.15, 0.2) is 5.78 Å². The molecule has 2 rings (SSSR count). The standard InChI is InChI=1S/C19H19ClN2O4/c20-15-8-6-14(7-9-15)19(25)21-16(12-13-4-2-1-3-5-13)17(23)10-11-18(24)22-26/h1-9,16,26H,10-12H2,(H,21,25)(H,22,24). The fourth-order valence-corrected chi connectivity index (χ4v) is 2.53. The van der Waals surface area contributed by atoms with Gasteiger partial charge in [0.25, 0.3) is 5.91 Å². The minimum atomic E-state index is -0.785. The second kappa shape index (κ2) is 9.70. The van der Waals surface area contributed by atoms with Crippen LogP contribution < -0.4 is 10.8 Å². The Kier molecular flexibility index (Phi) is 7.32. The second-order valence-corrected chi connectivity index (χ2v) is 6.16. The van der Waals surface area contributed by atoms with Crippen molar-refractivity contribution in [2.24, 2.45) is 0 Å². The van der Waals surface area contributed by atoms with E-state index in [1.165, 1.54) is 5.48 Å². The van der Waals surface area contributed by atoms with E-state index >= 15 is 0 Å². The normalized spacial score (nSPS) is 11.5. The zero-order chi connectivity index (χ0) is 18.9. The molecule has 6 nitrogen and oxygen atoms in total. The molecule has 0 aliphatic carbocycles. The highest BCUT2D eigenvalue weighted by Crippen LogP contribution is 2.11. The first-order valence-corrected chi connectivity index (χ1v) is 8.43. The number of benzene rings is 2. The van der Waals surface area contributed by atoms with Crippen LogP contribution in [0.1, 0.15) is 28.8 Å². The van der Waals surface area contributed by atoms with E-state index in [0.717, 1.165) is 5.56 Å². The molecule has 0 aliphatic heterocycles. The monoisotopic (exact) mass is 374 g/mol. The summed E-state index contributed by atoms with van der Waals surface area (Å²) in [7, 11) is 0. The van der Waals surface area contributed by atoms with Gasteiger partial charge in [-0.25, -0.2) is 5.48 Å². The largest absolute Gasteiger partial charge is 0.342 e. The third-order valence-electron chi connectivity index (χ3n) is 3.81. The van der Waals surface area contributed by atoms with Crippen molar-refractivity contribution in [3.8, 4) is 0 Å². The quantitative estimate of drug-likeness (QED) is 0.488. The number of Topliss-reactive ketones (excluding diaryl/α,β-unsaturated/α-hetero) is 1. The summed E-state index contributed by atoms with van der Waals surface area (Å²) >= 11 is 5.82.